The maximum absolute atomic E-state index is 12.1. The Morgan fingerprint density at radius 2 is 1.62 bits per heavy atom. The minimum Gasteiger partial charge on any atom is -0.287 e. The van der Waals surface area contributed by atoms with E-state index in [9.17, 15) is 4.79 Å². The van der Waals surface area contributed by atoms with Crippen LogP contribution < -0.4 is 4.89 Å². The van der Waals surface area contributed by atoms with E-state index in [4.69, 9.17) is 9.78 Å². The SMILES string of the molecule is CCCC(=Cc1ccccc1)C(=O)OOc1ccccc1. The van der Waals surface area contributed by atoms with E-state index in [1.807, 2.05) is 61.5 Å². The van der Waals surface area contributed by atoms with Crippen LogP contribution in [0.3, 0.4) is 0 Å². The van der Waals surface area contributed by atoms with Gasteiger partial charge in [0.1, 0.15) is 0 Å². The topological polar surface area (TPSA) is 35.5 Å². The van der Waals surface area contributed by atoms with Crippen molar-refractivity contribution in [2.24, 2.45) is 0 Å². The molecule has 3 nitrogen and oxygen atoms in total. The Balaban J connectivity index is 2.04. The molecule has 0 heterocycles. The molecule has 0 saturated carbocycles. The monoisotopic (exact) mass is 282 g/mol. The van der Waals surface area contributed by atoms with Crippen LogP contribution in [0.1, 0.15) is 25.3 Å². The second kappa shape index (κ2) is 7.90. The minimum absolute atomic E-state index is 0.454. The molecular formula is C18H18O3. The zero-order valence-electron chi connectivity index (χ0n) is 12.0. The summed E-state index contributed by atoms with van der Waals surface area (Å²) in [6.45, 7) is 2.02. The summed E-state index contributed by atoms with van der Waals surface area (Å²) in [7, 11) is 0. The zero-order chi connectivity index (χ0) is 14.9. The number of hydrogen-bond acceptors (Lipinski definition) is 3. The van der Waals surface area contributed by atoms with Gasteiger partial charge in [0.25, 0.3) is 0 Å². The zero-order valence-corrected chi connectivity index (χ0v) is 12.0. The van der Waals surface area contributed by atoms with E-state index < -0.39 is 5.97 Å². The molecule has 0 aromatic heterocycles. The Kier molecular flexibility index (Phi) is 5.59. The van der Waals surface area contributed by atoms with Crippen LogP contribution in [0.25, 0.3) is 6.08 Å². The molecular weight excluding hydrogens is 264 g/mol. The molecule has 0 bridgehead atoms. The first kappa shape index (κ1) is 14.9. The van der Waals surface area contributed by atoms with Gasteiger partial charge in [-0.1, -0.05) is 61.9 Å². The smallest absolute Gasteiger partial charge is 0.287 e. The molecule has 0 aliphatic heterocycles. The molecule has 0 spiro atoms. The van der Waals surface area contributed by atoms with Gasteiger partial charge in [0, 0.05) is 5.57 Å². The first-order valence-corrected chi connectivity index (χ1v) is 6.99. The molecule has 2 aromatic rings. The summed E-state index contributed by atoms with van der Waals surface area (Å²) in [4.78, 5) is 22.0. The molecule has 0 atom stereocenters. The van der Waals surface area contributed by atoms with Crippen LogP contribution in [0.15, 0.2) is 66.2 Å². The molecule has 0 saturated heterocycles. The van der Waals surface area contributed by atoms with E-state index in [-0.39, 0.29) is 0 Å². The van der Waals surface area contributed by atoms with Crippen molar-refractivity contribution in [1.82, 2.24) is 0 Å². The van der Waals surface area contributed by atoms with Gasteiger partial charge in [-0.05, 0) is 30.2 Å². The first-order chi connectivity index (χ1) is 10.3. The molecule has 21 heavy (non-hydrogen) atoms. The minimum atomic E-state index is -0.454. The summed E-state index contributed by atoms with van der Waals surface area (Å²) in [5, 5.41) is 0. The Labute approximate surface area is 124 Å². The molecule has 2 aromatic carbocycles. The Hall–Kier alpha value is -2.55. The highest BCUT2D eigenvalue weighted by Crippen LogP contribution is 2.15. The van der Waals surface area contributed by atoms with Gasteiger partial charge in [0.2, 0.25) is 0 Å². The van der Waals surface area contributed by atoms with Crippen LogP contribution in [0.4, 0.5) is 0 Å². The number of hydrogen-bond donors (Lipinski definition) is 0. The van der Waals surface area contributed by atoms with E-state index in [1.54, 1.807) is 12.1 Å². The van der Waals surface area contributed by atoms with Gasteiger partial charge in [-0.2, -0.15) is 0 Å². The van der Waals surface area contributed by atoms with Crippen molar-refractivity contribution >= 4 is 12.0 Å². The number of carbonyl (C=O) groups is 1. The maximum atomic E-state index is 12.1. The maximum Gasteiger partial charge on any atom is 0.382 e. The van der Waals surface area contributed by atoms with Crippen LogP contribution >= 0.6 is 0 Å². The van der Waals surface area contributed by atoms with Crippen molar-refractivity contribution in [3.63, 3.8) is 0 Å². The van der Waals surface area contributed by atoms with Crippen LogP contribution in [0, 0.1) is 0 Å². The average molecular weight is 282 g/mol. The van der Waals surface area contributed by atoms with Gasteiger partial charge >= 0.3 is 5.97 Å². The lowest BCUT2D eigenvalue weighted by Crippen LogP contribution is -2.10. The van der Waals surface area contributed by atoms with Gasteiger partial charge < -0.3 is 0 Å². The number of rotatable bonds is 6. The molecule has 0 N–H and O–H groups in total. The molecule has 0 aliphatic carbocycles. The van der Waals surface area contributed by atoms with Crippen LogP contribution in [0.2, 0.25) is 0 Å². The summed E-state index contributed by atoms with van der Waals surface area (Å²) in [5.41, 5.74) is 1.57. The van der Waals surface area contributed by atoms with Gasteiger partial charge in [-0.3, -0.25) is 4.89 Å². The van der Waals surface area contributed by atoms with Gasteiger partial charge in [0.15, 0.2) is 5.75 Å². The largest absolute Gasteiger partial charge is 0.382 e. The standard InChI is InChI=1S/C18H18O3/c1-2-9-16(14-15-10-5-3-6-11-15)18(19)21-20-17-12-7-4-8-13-17/h3-8,10-14H,2,9H2,1H3. The fraction of sp³-hybridized carbons (Fsp3) is 0.167. The summed E-state index contributed by atoms with van der Waals surface area (Å²) < 4.78 is 0. The third kappa shape index (κ3) is 4.80. The van der Waals surface area contributed by atoms with Gasteiger partial charge in [0.05, 0.1) is 0 Å². The predicted octanol–water partition coefficient (Wildman–Crippen LogP) is 4.41. The van der Waals surface area contributed by atoms with E-state index in [0.29, 0.717) is 17.7 Å². The summed E-state index contributed by atoms with van der Waals surface area (Å²) >= 11 is 0. The van der Waals surface area contributed by atoms with E-state index >= 15 is 0 Å². The Morgan fingerprint density at radius 3 is 2.24 bits per heavy atom. The average Bonchev–Trinajstić information content (AvgIpc) is 2.54. The highest BCUT2D eigenvalue weighted by molar-refractivity contribution is 5.93. The lowest BCUT2D eigenvalue weighted by molar-refractivity contribution is -0.208. The molecule has 0 unspecified atom stereocenters. The van der Waals surface area contributed by atoms with Crippen molar-refractivity contribution in [3.05, 3.63) is 71.8 Å². The van der Waals surface area contributed by atoms with Crippen molar-refractivity contribution in [2.75, 3.05) is 0 Å². The molecule has 0 aliphatic rings. The third-order valence-electron chi connectivity index (χ3n) is 2.88. The molecule has 108 valence electrons. The van der Waals surface area contributed by atoms with Crippen LogP contribution in [-0.2, 0) is 9.68 Å². The van der Waals surface area contributed by atoms with E-state index in [2.05, 4.69) is 0 Å². The summed E-state index contributed by atoms with van der Waals surface area (Å²) in [6, 6.07) is 18.7. The molecule has 0 fully saturated rings. The second-order valence-electron chi connectivity index (χ2n) is 4.60. The normalized spacial score (nSPS) is 11.0. The highest BCUT2D eigenvalue weighted by atomic mass is 17.2. The van der Waals surface area contributed by atoms with Crippen molar-refractivity contribution < 1.29 is 14.6 Å². The molecule has 2 rings (SSSR count). The molecule has 0 radical (unpaired) electrons. The number of carbonyl (C=O) groups excluding carboxylic acids is 1. The third-order valence-corrected chi connectivity index (χ3v) is 2.88. The molecule has 3 heteroatoms. The Morgan fingerprint density at radius 1 is 1.00 bits per heavy atom. The first-order valence-electron chi connectivity index (χ1n) is 6.99. The van der Waals surface area contributed by atoms with E-state index in [1.165, 1.54) is 0 Å². The van der Waals surface area contributed by atoms with Crippen molar-refractivity contribution in [2.45, 2.75) is 19.8 Å². The van der Waals surface area contributed by atoms with Gasteiger partial charge in [-0.15, -0.1) is 0 Å². The number of benzene rings is 2. The van der Waals surface area contributed by atoms with E-state index in [0.717, 1.165) is 12.0 Å². The fourth-order valence-electron chi connectivity index (χ4n) is 1.87. The van der Waals surface area contributed by atoms with Crippen LogP contribution in [0.5, 0.6) is 5.75 Å². The second-order valence-corrected chi connectivity index (χ2v) is 4.60. The van der Waals surface area contributed by atoms with Crippen molar-refractivity contribution in [1.29, 1.82) is 0 Å². The van der Waals surface area contributed by atoms with Crippen LogP contribution in [-0.4, -0.2) is 5.97 Å². The summed E-state index contributed by atoms with van der Waals surface area (Å²) in [6.07, 6.45) is 3.34. The quantitative estimate of drug-likeness (QED) is 0.447. The highest BCUT2D eigenvalue weighted by Gasteiger charge is 2.12. The Bertz CT molecular complexity index is 588. The van der Waals surface area contributed by atoms with Crippen molar-refractivity contribution in [3.8, 4) is 5.75 Å². The van der Waals surface area contributed by atoms with Gasteiger partial charge in [-0.25, -0.2) is 9.68 Å². The lowest BCUT2D eigenvalue weighted by atomic mass is 10.1. The fourth-order valence-corrected chi connectivity index (χ4v) is 1.87. The predicted molar refractivity (Wildman–Crippen MR) is 82.5 cm³/mol. The number of para-hydroxylation sites is 1. The lowest BCUT2D eigenvalue weighted by Gasteiger charge is -2.07. The summed E-state index contributed by atoms with van der Waals surface area (Å²) in [5.74, 6) is 0.0472. The molecule has 0 amide bonds.